The highest BCUT2D eigenvalue weighted by Gasteiger charge is 2.23. The maximum atomic E-state index is 12.7. The fraction of sp³-hybridized carbons (Fsp3) is 0.500. The minimum absolute atomic E-state index is 0.0773. The Labute approximate surface area is 164 Å². The normalized spacial score (nSPS) is 17.7. The monoisotopic (exact) mass is 389 g/mol. The number of hydrogen-bond donors (Lipinski definition) is 1. The van der Waals surface area contributed by atoms with E-state index in [2.05, 4.69) is 21.8 Å². The number of anilines is 1. The molecule has 1 aromatic carbocycles. The molecule has 6 nitrogen and oxygen atoms in total. The second kappa shape index (κ2) is 8.80. The summed E-state index contributed by atoms with van der Waals surface area (Å²) >= 11 is 1.47. The first-order valence-electron chi connectivity index (χ1n) is 9.25. The minimum atomic E-state index is -0.292. The third kappa shape index (κ3) is 4.65. The molecule has 2 heterocycles. The Morgan fingerprint density at radius 1 is 1.44 bits per heavy atom. The van der Waals surface area contributed by atoms with Gasteiger partial charge in [0, 0.05) is 12.3 Å². The molecule has 0 saturated carbocycles. The summed E-state index contributed by atoms with van der Waals surface area (Å²) in [6.45, 7) is 7.59. The number of nitrogens with zero attached hydrogens (tertiary/aromatic N) is 2. The molecule has 1 fully saturated rings. The summed E-state index contributed by atoms with van der Waals surface area (Å²) < 4.78 is 13.3. The van der Waals surface area contributed by atoms with Crippen molar-refractivity contribution in [2.75, 3.05) is 19.0 Å². The Bertz CT molecular complexity index is 800. The number of aryl methyl sites for hydroxylation is 1. The Morgan fingerprint density at radius 3 is 2.93 bits per heavy atom. The molecule has 0 spiro atoms. The van der Waals surface area contributed by atoms with Crippen LogP contribution in [0.1, 0.15) is 31.2 Å². The maximum absolute atomic E-state index is 12.7. The number of para-hydroxylation sites is 2. The van der Waals surface area contributed by atoms with Gasteiger partial charge in [0.05, 0.1) is 36.4 Å². The predicted octanol–water partition coefficient (Wildman–Crippen LogP) is 3.81. The number of ether oxygens (including phenoxy) is 2. The lowest BCUT2D eigenvalue weighted by Gasteiger charge is -2.17. The van der Waals surface area contributed by atoms with Crippen LogP contribution in [0.2, 0.25) is 0 Å². The lowest BCUT2D eigenvalue weighted by molar-refractivity contribution is -0.115. The van der Waals surface area contributed by atoms with Gasteiger partial charge in [-0.1, -0.05) is 23.9 Å². The maximum Gasteiger partial charge on any atom is 0.237 e. The van der Waals surface area contributed by atoms with Gasteiger partial charge in [-0.2, -0.15) is 0 Å². The third-order valence-corrected chi connectivity index (χ3v) is 5.94. The molecule has 146 valence electrons. The van der Waals surface area contributed by atoms with Gasteiger partial charge in [-0.3, -0.25) is 4.79 Å². The van der Waals surface area contributed by atoms with E-state index in [9.17, 15) is 4.79 Å². The highest BCUT2D eigenvalue weighted by molar-refractivity contribution is 8.00. The van der Waals surface area contributed by atoms with Gasteiger partial charge in [-0.15, -0.1) is 0 Å². The van der Waals surface area contributed by atoms with E-state index in [1.807, 2.05) is 38.1 Å². The van der Waals surface area contributed by atoms with Crippen molar-refractivity contribution < 1.29 is 14.3 Å². The first-order valence-corrected chi connectivity index (χ1v) is 10.1. The van der Waals surface area contributed by atoms with Crippen LogP contribution in [0, 0.1) is 13.8 Å². The zero-order valence-corrected chi connectivity index (χ0v) is 17.1. The van der Waals surface area contributed by atoms with Crippen LogP contribution in [0.4, 0.5) is 5.69 Å². The number of aromatic nitrogens is 2. The predicted molar refractivity (Wildman–Crippen MR) is 108 cm³/mol. The minimum Gasteiger partial charge on any atom is -0.495 e. The first kappa shape index (κ1) is 19.8. The molecule has 7 heteroatoms. The highest BCUT2D eigenvalue weighted by atomic mass is 32.2. The summed E-state index contributed by atoms with van der Waals surface area (Å²) in [6, 6.07) is 7.41. The highest BCUT2D eigenvalue weighted by Crippen LogP contribution is 2.29. The molecule has 2 unspecified atom stereocenters. The number of methoxy groups -OCH3 is 1. The lowest BCUT2D eigenvalue weighted by atomic mass is 10.2. The van der Waals surface area contributed by atoms with Gasteiger partial charge in [-0.25, -0.2) is 4.98 Å². The zero-order chi connectivity index (χ0) is 19.4. The summed E-state index contributed by atoms with van der Waals surface area (Å²) in [5, 5.41) is 3.52. The summed E-state index contributed by atoms with van der Waals surface area (Å²) in [4.78, 5) is 17.4. The molecule has 1 saturated heterocycles. The van der Waals surface area contributed by atoms with Crippen molar-refractivity contribution in [3.8, 4) is 5.75 Å². The van der Waals surface area contributed by atoms with Crippen LogP contribution >= 0.6 is 11.8 Å². The molecule has 2 atom stereocenters. The number of benzene rings is 1. The van der Waals surface area contributed by atoms with Crippen LogP contribution < -0.4 is 10.1 Å². The van der Waals surface area contributed by atoms with E-state index in [-0.39, 0.29) is 17.3 Å². The van der Waals surface area contributed by atoms with E-state index in [4.69, 9.17) is 9.47 Å². The Balaban J connectivity index is 1.70. The van der Waals surface area contributed by atoms with E-state index >= 15 is 0 Å². The van der Waals surface area contributed by atoms with Crippen LogP contribution in [-0.2, 0) is 16.1 Å². The second-order valence-electron chi connectivity index (χ2n) is 6.76. The molecule has 0 bridgehead atoms. The number of rotatable bonds is 7. The lowest BCUT2D eigenvalue weighted by Crippen LogP contribution is -2.24. The molecule has 1 aliphatic heterocycles. The Kier molecular flexibility index (Phi) is 6.44. The van der Waals surface area contributed by atoms with E-state index in [0.29, 0.717) is 11.4 Å². The molecule has 0 aliphatic carbocycles. The van der Waals surface area contributed by atoms with Gasteiger partial charge in [0.1, 0.15) is 5.75 Å². The van der Waals surface area contributed by atoms with Gasteiger partial charge in [0.2, 0.25) is 5.91 Å². The summed E-state index contributed by atoms with van der Waals surface area (Å²) in [6.07, 6.45) is 2.41. The van der Waals surface area contributed by atoms with Crippen LogP contribution in [0.15, 0.2) is 29.4 Å². The quantitative estimate of drug-likeness (QED) is 0.730. The van der Waals surface area contributed by atoms with Crippen molar-refractivity contribution >= 4 is 23.4 Å². The average molecular weight is 390 g/mol. The average Bonchev–Trinajstić information content (AvgIpc) is 3.26. The van der Waals surface area contributed by atoms with Crippen molar-refractivity contribution in [1.29, 1.82) is 0 Å². The van der Waals surface area contributed by atoms with Gasteiger partial charge in [-0.05, 0) is 45.7 Å². The largest absolute Gasteiger partial charge is 0.495 e. The van der Waals surface area contributed by atoms with E-state index in [1.165, 1.54) is 11.8 Å². The Hall–Kier alpha value is -1.99. The van der Waals surface area contributed by atoms with E-state index in [1.54, 1.807) is 7.11 Å². The van der Waals surface area contributed by atoms with Crippen molar-refractivity contribution in [3.05, 3.63) is 35.7 Å². The van der Waals surface area contributed by atoms with E-state index in [0.717, 1.165) is 42.5 Å². The summed E-state index contributed by atoms with van der Waals surface area (Å²) in [7, 11) is 1.59. The fourth-order valence-electron chi connectivity index (χ4n) is 3.11. The third-order valence-electron chi connectivity index (χ3n) is 4.85. The molecule has 1 N–H and O–H groups in total. The second-order valence-corrected chi connectivity index (χ2v) is 8.07. The number of nitrogens with one attached hydrogen (secondary N) is 1. The Morgan fingerprint density at radius 2 is 2.22 bits per heavy atom. The zero-order valence-electron chi connectivity index (χ0n) is 16.3. The molecule has 0 radical (unpaired) electrons. The topological polar surface area (TPSA) is 65.4 Å². The van der Waals surface area contributed by atoms with Gasteiger partial charge >= 0.3 is 0 Å². The van der Waals surface area contributed by atoms with Gasteiger partial charge in [0.15, 0.2) is 5.16 Å². The smallest absolute Gasteiger partial charge is 0.237 e. The summed E-state index contributed by atoms with van der Waals surface area (Å²) in [5.41, 5.74) is 2.80. The van der Waals surface area contributed by atoms with Gasteiger partial charge < -0.3 is 19.4 Å². The van der Waals surface area contributed by atoms with Crippen LogP contribution in [0.5, 0.6) is 5.75 Å². The number of carbonyl (C=O) groups excluding carboxylic acids is 1. The van der Waals surface area contributed by atoms with Crippen molar-refractivity contribution in [2.45, 2.75) is 56.7 Å². The van der Waals surface area contributed by atoms with Crippen molar-refractivity contribution in [2.24, 2.45) is 0 Å². The molecule has 1 aliphatic rings. The van der Waals surface area contributed by atoms with Crippen LogP contribution in [-0.4, -0.2) is 40.5 Å². The van der Waals surface area contributed by atoms with Crippen LogP contribution in [0.3, 0.4) is 0 Å². The first-order chi connectivity index (χ1) is 13.0. The van der Waals surface area contributed by atoms with Gasteiger partial charge in [0.25, 0.3) is 0 Å². The molecule has 1 aromatic heterocycles. The number of thioether (sulfide) groups is 1. The summed E-state index contributed by atoms with van der Waals surface area (Å²) in [5.74, 6) is 0.570. The molecular formula is C20H27N3O3S. The number of carbonyl (C=O) groups is 1. The SMILES string of the molecule is COc1ccccc1NC(=O)C(C)Sc1nc(C)c(C)n1CC1CCCO1. The van der Waals surface area contributed by atoms with Crippen LogP contribution in [0.25, 0.3) is 0 Å². The number of hydrogen-bond acceptors (Lipinski definition) is 5. The molecular weight excluding hydrogens is 362 g/mol. The number of imidazole rings is 1. The van der Waals surface area contributed by atoms with E-state index < -0.39 is 0 Å². The van der Waals surface area contributed by atoms with Crippen molar-refractivity contribution in [1.82, 2.24) is 9.55 Å². The molecule has 1 amide bonds. The van der Waals surface area contributed by atoms with Crippen molar-refractivity contribution in [3.63, 3.8) is 0 Å². The fourth-order valence-corrected chi connectivity index (χ4v) is 4.12. The molecule has 27 heavy (non-hydrogen) atoms. The molecule has 2 aromatic rings. The number of amides is 1. The molecule has 3 rings (SSSR count). The standard InChI is InChI=1S/C20H27N3O3S/c1-13-14(2)23(12-16-8-7-11-26-16)20(21-13)27-15(3)19(24)22-17-9-5-6-10-18(17)25-4/h5-6,9-10,15-16H,7-8,11-12H2,1-4H3,(H,22,24).